The summed E-state index contributed by atoms with van der Waals surface area (Å²) < 4.78 is 39.5. The fourth-order valence-corrected chi connectivity index (χ4v) is 5.72. The molecule has 0 heterocycles. The number of ether oxygens (including phenoxy) is 2. The van der Waals surface area contributed by atoms with Crippen molar-refractivity contribution in [2.45, 2.75) is 31.3 Å². The molecule has 9 nitrogen and oxygen atoms in total. The number of anilines is 1. The highest BCUT2D eigenvalue weighted by Crippen LogP contribution is 2.32. The highest BCUT2D eigenvalue weighted by atomic mass is 35.5. The molecule has 2 amide bonds. The van der Waals surface area contributed by atoms with Gasteiger partial charge in [-0.05, 0) is 55.8 Å². The van der Waals surface area contributed by atoms with Crippen LogP contribution in [-0.4, -0.2) is 59.0 Å². The Hall–Kier alpha value is -3.47. The number of halogens is 2. The van der Waals surface area contributed by atoms with Gasteiger partial charge in [0, 0.05) is 19.7 Å². The first-order chi connectivity index (χ1) is 18.9. The number of carbonyl (C=O) groups is 2. The first kappa shape index (κ1) is 31.1. The van der Waals surface area contributed by atoms with Crippen molar-refractivity contribution < 1.29 is 27.5 Å². The predicted octanol–water partition coefficient (Wildman–Crippen LogP) is 4.68. The molecule has 3 aromatic rings. The SMILES string of the molecule is CNC(=O)[C@@H](C)N(Cc1ccc(Cl)c(Cl)c1)C(=O)CN(c1ccc(C)cc1)S(=O)(=O)c1ccc(OC)c(OC)c1. The van der Waals surface area contributed by atoms with Crippen LogP contribution >= 0.6 is 23.2 Å². The lowest BCUT2D eigenvalue weighted by atomic mass is 10.1. The quantitative estimate of drug-likeness (QED) is 0.339. The lowest BCUT2D eigenvalue weighted by Gasteiger charge is -2.32. The first-order valence-electron chi connectivity index (χ1n) is 12.2. The number of nitrogens with zero attached hydrogens (tertiary/aromatic N) is 2. The molecule has 0 unspecified atom stereocenters. The number of rotatable bonds is 11. The van der Waals surface area contributed by atoms with E-state index in [1.165, 1.54) is 44.4 Å². The maximum atomic E-state index is 14.0. The van der Waals surface area contributed by atoms with Crippen LogP contribution in [0.4, 0.5) is 5.69 Å². The van der Waals surface area contributed by atoms with Crippen LogP contribution in [-0.2, 0) is 26.2 Å². The van der Waals surface area contributed by atoms with E-state index >= 15 is 0 Å². The molecule has 0 fully saturated rings. The Labute approximate surface area is 244 Å². The number of carbonyl (C=O) groups excluding carboxylic acids is 2. The molecule has 1 atom stereocenters. The number of hydrogen-bond acceptors (Lipinski definition) is 6. The minimum Gasteiger partial charge on any atom is -0.493 e. The third-order valence-corrected chi connectivity index (χ3v) is 8.80. The third-order valence-electron chi connectivity index (χ3n) is 6.29. The zero-order chi connectivity index (χ0) is 29.6. The van der Waals surface area contributed by atoms with E-state index in [9.17, 15) is 18.0 Å². The average molecular weight is 609 g/mol. The van der Waals surface area contributed by atoms with Gasteiger partial charge in [0.05, 0.1) is 34.8 Å². The normalized spacial score (nSPS) is 11.9. The van der Waals surface area contributed by atoms with Gasteiger partial charge >= 0.3 is 0 Å². The minimum atomic E-state index is -4.28. The van der Waals surface area contributed by atoms with Crippen molar-refractivity contribution in [3.05, 3.63) is 81.8 Å². The van der Waals surface area contributed by atoms with Crippen molar-refractivity contribution >= 4 is 50.7 Å². The fraction of sp³-hybridized carbons (Fsp3) is 0.286. The van der Waals surface area contributed by atoms with E-state index in [4.69, 9.17) is 32.7 Å². The zero-order valence-corrected chi connectivity index (χ0v) is 25.1. The highest BCUT2D eigenvalue weighted by Gasteiger charge is 2.33. The van der Waals surface area contributed by atoms with Gasteiger partial charge in [0.15, 0.2) is 11.5 Å². The van der Waals surface area contributed by atoms with Crippen molar-refractivity contribution in [2.24, 2.45) is 0 Å². The fourth-order valence-electron chi connectivity index (χ4n) is 3.97. The number of benzene rings is 3. The zero-order valence-electron chi connectivity index (χ0n) is 22.8. The van der Waals surface area contributed by atoms with E-state index in [-0.39, 0.29) is 27.9 Å². The van der Waals surface area contributed by atoms with Crippen LogP contribution in [0.5, 0.6) is 11.5 Å². The minimum absolute atomic E-state index is 0.0115. The second-order valence-corrected chi connectivity index (χ2v) is 11.6. The molecule has 0 saturated heterocycles. The van der Waals surface area contributed by atoms with E-state index in [1.54, 1.807) is 49.4 Å². The molecule has 1 N–H and O–H groups in total. The molecule has 0 radical (unpaired) electrons. The van der Waals surface area contributed by atoms with Crippen molar-refractivity contribution in [2.75, 3.05) is 32.1 Å². The van der Waals surface area contributed by atoms with Crippen LogP contribution in [0, 0.1) is 6.92 Å². The maximum absolute atomic E-state index is 14.0. The Morgan fingerprint density at radius 3 is 2.15 bits per heavy atom. The van der Waals surface area contributed by atoms with Gasteiger partial charge in [-0.25, -0.2) is 8.42 Å². The Bertz CT molecular complexity index is 1480. The topological polar surface area (TPSA) is 105 Å². The summed E-state index contributed by atoms with van der Waals surface area (Å²) in [5.41, 5.74) is 1.80. The standard InChI is InChI=1S/C28H31Cl2N3O6S/c1-18-6-9-21(10-7-18)33(40(36,37)22-11-13-25(38-4)26(15-22)39-5)17-27(34)32(19(2)28(35)31-3)16-20-8-12-23(29)24(30)14-20/h6-15,19H,16-17H2,1-5H3,(H,31,35)/t19-/m1/s1. The number of aryl methyl sites for hydroxylation is 1. The van der Waals surface area contributed by atoms with Crippen LogP contribution in [0.1, 0.15) is 18.1 Å². The lowest BCUT2D eigenvalue weighted by molar-refractivity contribution is -0.139. The molecule has 40 heavy (non-hydrogen) atoms. The van der Waals surface area contributed by atoms with Crippen molar-refractivity contribution in [1.29, 1.82) is 0 Å². The number of sulfonamides is 1. The van der Waals surface area contributed by atoms with E-state index in [1.807, 2.05) is 6.92 Å². The van der Waals surface area contributed by atoms with Crippen LogP contribution in [0.25, 0.3) is 0 Å². The van der Waals surface area contributed by atoms with E-state index < -0.39 is 34.4 Å². The lowest BCUT2D eigenvalue weighted by Crippen LogP contribution is -2.50. The summed E-state index contributed by atoms with van der Waals surface area (Å²) in [5, 5.41) is 3.17. The summed E-state index contributed by atoms with van der Waals surface area (Å²) in [4.78, 5) is 27.6. The van der Waals surface area contributed by atoms with Crippen molar-refractivity contribution in [1.82, 2.24) is 10.2 Å². The molecule has 0 saturated carbocycles. The van der Waals surface area contributed by atoms with Crippen molar-refractivity contribution in [3.63, 3.8) is 0 Å². The number of methoxy groups -OCH3 is 2. The molecule has 0 aliphatic carbocycles. The van der Waals surface area contributed by atoms with Gasteiger partial charge in [-0.1, -0.05) is 47.0 Å². The molecule has 0 bridgehead atoms. The van der Waals surface area contributed by atoms with E-state index in [0.717, 1.165) is 9.87 Å². The average Bonchev–Trinajstić information content (AvgIpc) is 2.95. The maximum Gasteiger partial charge on any atom is 0.264 e. The number of nitrogens with one attached hydrogen (secondary N) is 1. The van der Waals surface area contributed by atoms with Crippen LogP contribution in [0.15, 0.2) is 65.6 Å². The van der Waals surface area contributed by atoms with E-state index in [0.29, 0.717) is 16.3 Å². The molecular formula is C28H31Cl2N3O6S. The largest absolute Gasteiger partial charge is 0.493 e. The summed E-state index contributed by atoms with van der Waals surface area (Å²) in [6.07, 6.45) is 0. The Kier molecular flexibility index (Phi) is 10.3. The molecule has 214 valence electrons. The summed E-state index contributed by atoms with van der Waals surface area (Å²) in [6, 6.07) is 14.9. The van der Waals surface area contributed by atoms with Gasteiger partial charge in [0.1, 0.15) is 12.6 Å². The van der Waals surface area contributed by atoms with E-state index in [2.05, 4.69) is 5.32 Å². The predicted molar refractivity (Wildman–Crippen MR) is 156 cm³/mol. The summed E-state index contributed by atoms with van der Waals surface area (Å²) in [5.74, 6) is -0.454. The van der Waals surface area contributed by atoms with Gasteiger partial charge < -0.3 is 19.7 Å². The molecule has 0 aliphatic rings. The molecular weight excluding hydrogens is 577 g/mol. The Balaban J connectivity index is 2.07. The molecule has 0 spiro atoms. The van der Waals surface area contributed by atoms with Crippen LogP contribution in [0.2, 0.25) is 10.0 Å². The number of hydrogen-bond donors (Lipinski definition) is 1. The molecule has 3 aromatic carbocycles. The third kappa shape index (κ3) is 6.99. The molecule has 12 heteroatoms. The van der Waals surface area contributed by atoms with Gasteiger partial charge in [0.25, 0.3) is 10.0 Å². The molecule has 0 aromatic heterocycles. The van der Waals surface area contributed by atoms with Crippen LogP contribution < -0.4 is 19.1 Å². The number of likely N-dealkylation sites (N-methyl/N-ethyl adjacent to an activating group) is 1. The van der Waals surface area contributed by atoms with Gasteiger partial charge in [-0.3, -0.25) is 13.9 Å². The highest BCUT2D eigenvalue weighted by molar-refractivity contribution is 7.92. The monoisotopic (exact) mass is 607 g/mol. The van der Waals surface area contributed by atoms with Gasteiger partial charge in [0.2, 0.25) is 11.8 Å². The second kappa shape index (κ2) is 13.3. The second-order valence-electron chi connectivity index (χ2n) is 8.92. The Morgan fingerprint density at radius 1 is 0.925 bits per heavy atom. The van der Waals surface area contributed by atoms with Gasteiger partial charge in [-0.15, -0.1) is 0 Å². The van der Waals surface area contributed by atoms with Crippen LogP contribution in [0.3, 0.4) is 0 Å². The first-order valence-corrected chi connectivity index (χ1v) is 14.4. The molecule has 3 rings (SSSR count). The summed E-state index contributed by atoms with van der Waals surface area (Å²) in [7, 11) is 0.0236. The summed E-state index contributed by atoms with van der Waals surface area (Å²) in [6.45, 7) is 2.84. The smallest absolute Gasteiger partial charge is 0.264 e. The number of amides is 2. The van der Waals surface area contributed by atoms with Crippen molar-refractivity contribution in [3.8, 4) is 11.5 Å². The summed E-state index contributed by atoms with van der Waals surface area (Å²) >= 11 is 12.2. The van der Waals surface area contributed by atoms with Gasteiger partial charge in [-0.2, -0.15) is 0 Å². The Morgan fingerprint density at radius 2 is 1.57 bits per heavy atom. The molecule has 0 aliphatic heterocycles.